The van der Waals surface area contributed by atoms with Crippen molar-refractivity contribution in [1.82, 2.24) is 9.97 Å². The monoisotopic (exact) mass is 432 g/mol. The van der Waals surface area contributed by atoms with Crippen molar-refractivity contribution in [2.24, 2.45) is 5.92 Å². The Hall–Kier alpha value is -3.04. The number of fused-ring (bicyclic) bond motifs is 3. The zero-order chi connectivity index (χ0) is 21.6. The van der Waals surface area contributed by atoms with Crippen LogP contribution in [0.15, 0.2) is 36.7 Å². The standard InChI is InChI=1S/C21H23F3N6O/c22-21(23,24)14-3-1-11-28(13-14)17-6-5-16-19(27-17)30(18-4-2-12-29(16)18)20(31)26-15-7-9-25-10-8-15/h5-10,14,18H,1-4,11-13H2,(H,25,26,31). The summed E-state index contributed by atoms with van der Waals surface area (Å²) in [6, 6.07) is 6.76. The van der Waals surface area contributed by atoms with Gasteiger partial charge in [0.1, 0.15) is 12.0 Å². The van der Waals surface area contributed by atoms with Crippen LogP contribution in [0.4, 0.5) is 41.0 Å². The zero-order valence-electron chi connectivity index (χ0n) is 16.8. The average molecular weight is 432 g/mol. The van der Waals surface area contributed by atoms with Gasteiger partial charge in [0.05, 0.1) is 11.6 Å². The molecule has 2 fully saturated rings. The minimum Gasteiger partial charge on any atom is -0.356 e. The van der Waals surface area contributed by atoms with Gasteiger partial charge in [0, 0.05) is 37.7 Å². The van der Waals surface area contributed by atoms with Crippen molar-refractivity contribution >= 4 is 29.0 Å². The number of halogens is 3. The summed E-state index contributed by atoms with van der Waals surface area (Å²) >= 11 is 0. The fraction of sp³-hybridized carbons (Fsp3) is 0.476. The predicted molar refractivity (Wildman–Crippen MR) is 111 cm³/mol. The number of amides is 2. The summed E-state index contributed by atoms with van der Waals surface area (Å²) in [4.78, 5) is 27.3. The number of pyridine rings is 2. The minimum absolute atomic E-state index is 0.106. The summed E-state index contributed by atoms with van der Waals surface area (Å²) in [5.41, 5.74) is 1.47. The van der Waals surface area contributed by atoms with E-state index in [1.807, 2.05) is 6.07 Å². The lowest BCUT2D eigenvalue weighted by molar-refractivity contribution is -0.176. The first-order valence-corrected chi connectivity index (χ1v) is 10.5. The molecule has 2 unspecified atom stereocenters. The highest BCUT2D eigenvalue weighted by molar-refractivity contribution is 6.06. The molecule has 3 aliphatic rings. The van der Waals surface area contributed by atoms with Crippen LogP contribution in [0.3, 0.4) is 0 Å². The normalized spacial score (nSPS) is 23.0. The Morgan fingerprint density at radius 2 is 1.84 bits per heavy atom. The van der Waals surface area contributed by atoms with Crippen molar-refractivity contribution in [2.75, 3.05) is 39.7 Å². The van der Waals surface area contributed by atoms with Crippen molar-refractivity contribution in [3.63, 3.8) is 0 Å². The number of carbonyl (C=O) groups excluding carboxylic acids is 1. The maximum atomic E-state index is 13.3. The maximum absolute atomic E-state index is 13.3. The fourth-order valence-corrected chi connectivity index (χ4v) is 4.75. The first-order chi connectivity index (χ1) is 14.9. The van der Waals surface area contributed by atoms with Crippen molar-refractivity contribution in [1.29, 1.82) is 0 Å². The maximum Gasteiger partial charge on any atom is 0.393 e. The van der Waals surface area contributed by atoms with Crippen LogP contribution in [-0.4, -0.2) is 48.0 Å². The lowest BCUT2D eigenvalue weighted by atomic mass is 9.97. The molecule has 5 heterocycles. The summed E-state index contributed by atoms with van der Waals surface area (Å²) in [6.07, 6.45) is 1.22. The number of hydrogen-bond acceptors (Lipinski definition) is 5. The van der Waals surface area contributed by atoms with Gasteiger partial charge in [0.25, 0.3) is 0 Å². The van der Waals surface area contributed by atoms with Gasteiger partial charge in [-0.15, -0.1) is 0 Å². The van der Waals surface area contributed by atoms with Crippen LogP contribution in [-0.2, 0) is 0 Å². The highest BCUT2D eigenvalue weighted by Gasteiger charge is 2.45. The zero-order valence-corrected chi connectivity index (χ0v) is 16.8. The number of hydrogen-bond donors (Lipinski definition) is 1. The number of rotatable bonds is 2. The van der Waals surface area contributed by atoms with Crippen molar-refractivity contribution in [2.45, 2.75) is 38.0 Å². The van der Waals surface area contributed by atoms with Crippen molar-refractivity contribution in [3.05, 3.63) is 36.7 Å². The van der Waals surface area contributed by atoms with Crippen LogP contribution < -0.4 is 20.0 Å². The third-order valence-electron chi connectivity index (χ3n) is 6.26. The van der Waals surface area contributed by atoms with E-state index >= 15 is 0 Å². The topological polar surface area (TPSA) is 64.6 Å². The molecule has 0 saturated carbocycles. The van der Waals surface area contributed by atoms with E-state index in [1.165, 1.54) is 0 Å². The van der Waals surface area contributed by atoms with E-state index in [-0.39, 0.29) is 25.2 Å². The van der Waals surface area contributed by atoms with Gasteiger partial charge in [-0.25, -0.2) is 9.78 Å². The molecule has 2 atom stereocenters. The molecule has 0 aliphatic carbocycles. The van der Waals surface area contributed by atoms with Gasteiger partial charge in [0.2, 0.25) is 0 Å². The molecule has 3 aliphatic heterocycles. The molecule has 7 nitrogen and oxygen atoms in total. The molecule has 5 rings (SSSR count). The first-order valence-electron chi connectivity index (χ1n) is 10.5. The number of urea groups is 1. The third kappa shape index (κ3) is 3.64. The van der Waals surface area contributed by atoms with Crippen LogP contribution >= 0.6 is 0 Å². The van der Waals surface area contributed by atoms with Gasteiger partial charge in [-0.1, -0.05) is 0 Å². The molecule has 0 spiro atoms. The molecule has 2 amide bonds. The van der Waals surface area contributed by atoms with Gasteiger partial charge in [-0.05, 0) is 49.9 Å². The molecule has 1 N–H and O–H groups in total. The largest absolute Gasteiger partial charge is 0.393 e. The first kappa shape index (κ1) is 19.9. The number of carbonyl (C=O) groups is 1. The van der Waals surface area contributed by atoms with E-state index in [9.17, 15) is 18.0 Å². The minimum atomic E-state index is -4.21. The molecule has 0 bridgehead atoms. The van der Waals surface area contributed by atoms with E-state index < -0.39 is 12.1 Å². The Kier molecular flexibility index (Phi) is 4.86. The lowest BCUT2D eigenvalue weighted by Gasteiger charge is -2.34. The van der Waals surface area contributed by atoms with Crippen LogP contribution in [0.25, 0.3) is 0 Å². The summed E-state index contributed by atoms with van der Waals surface area (Å²) < 4.78 is 39.8. The molecule has 2 aromatic heterocycles. The Bertz CT molecular complexity index is 969. The van der Waals surface area contributed by atoms with Gasteiger partial charge < -0.3 is 15.1 Å². The van der Waals surface area contributed by atoms with Gasteiger partial charge in [0.15, 0.2) is 5.82 Å². The predicted octanol–water partition coefficient (Wildman–Crippen LogP) is 4.23. The Labute approximate surface area is 177 Å². The second-order valence-corrected chi connectivity index (χ2v) is 8.19. The van der Waals surface area contributed by atoms with E-state index in [0.717, 1.165) is 25.1 Å². The highest BCUT2D eigenvalue weighted by atomic mass is 19.4. The second kappa shape index (κ2) is 7.58. The van der Waals surface area contributed by atoms with Gasteiger partial charge >= 0.3 is 12.2 Å². The molecule has 10 heteroatoms. The van der Waals surface area contributed by atoms with Crippen molar-refractivity contribution < 1.29 is 18.0 Å². The Morgan fingerprint density at radius 3 is 2.61 bits per heavy atom. The quantitative estimate of drug-likeness (QED) is 0.769. The SMILES string of the molecule is O=C(Nc1ccncc1)N1c2nc(N3CCCC(C(F)(F)F)C3)ccc2N2CCCC21. The van der Waals surface area contributed by atoms with Gasteiger partial charge in [-0.2, -0.15) is 13.2 Å². The average Bonchev–Trinajstić information content (AvgIpc) is 3.34. The summed E-state index contributed by atoms with van der Waals surface area (Å²) in [6.45, 7) is 1.23. The van der Waals surface area contributed by atoms with Crippen LogP contribution in [0.2, 0.25) is 0 Å². The number of nitrogens with one attached hydrogen (secondary N) is 1. The van der Waals surface area contributed by atoms with Crippen molar-refractivity contribution in [3.8, 4) is 0 Å². The number of piperidine rings is 1. The molecule has 2 saturated heterocycles. The number of nitrogens with zero attached hydrogens (tertiary/aromatic N) is 5. The Morgan fingerprint density at radius 1 is 1.06 bits per heavy atom. The number of anilines is 4. The molecular formula is C21H23F3N6O. The van der Waals surface area contributed by atoms with E-state index in [4.69, 9.17) is 0 Å². The molecule has 0 aromatic carbocycles. The van der Waals surface area contributed by atoms with E-state index in [1.54, 1.807) is 40.4 Å². The Balaban J connectivity index is 1.44. The van der Waals surface area contributed by atoms with E-state index in [0.29, 0.717) is 30.3 Å². The van der Waals surface area contributed by atoms with Gasteiger partial charge in [-0.3, -0.25) is 9.88 Å². The molecule has 0 radical (unpaired) electrons. The summed E-state index contributed by atoms with van der Waals surface area (Å²) in [5.74, 6) is -0.371. The number of aromatic nitrogens is 2. The lowest BCUT2D eigenvalue weighted by Crippen LogP contribution is -2.45. The smallest absolute Gasteiger partial charge is 0.356 e. The summed E-state index contributed by atoms with van der Waals surface area (Å²) in [7, 11) is 0. The molecule has 164 valence electrons. The number of alkyl halides is 3. The third-order valence-corrected chi connectivity index (χ3v) is 6.26. The van der Waals surface area contributed by atoms with Crippen LogP contribution in [0.1, 0.15) is 25.7 Å². The molecule has 31 heavy (non-hydrogen) atoms. The fourth-order valence-electron chi connectivity index (χ4n) is 4.75. The van der Waals surface area contributed by atoms with Crippen LogP contribution in [0.5, 0.6) is 0 Å². The molecular weight excluding hydrogens is 409 g/mol. The molecule has 2 aromatic rings. The highest BCUT2D eigenvalue weighted by Crippen LogP contribution is 2.44. The van der Waals surface area contributed by atoms with Crippen LogP contribution in [0, 0.1) is 5.92 Å². The summed E-state index contributed by atoms with van der Waals surface area (Å²) in [5, 5.41) is 2.88. The second-order valence-electron chi connectivity index (χ2n) is 8.19. The van der Waals surface area contributed by atoms with E-state index in [2.05, 4.69) is 20.2 Å².